The van der Waals surface area contributed by atoms with E-state index in [1.807, 2.05) is 12.1 Å². The van der Waals surface area contributed by atoms with Gasteiger partial charge < -0.3 is 9.15 Å². The lowest BCUT2D eigenvalue weighted by atomic mass is 10.1. The number of nitrogens with zero attached hydrogens (tertiary/aromatic N) is 1. The second-order valence-electron chi connectivity index (χ2n) is 3.98. The van der Waals surface area contributed by atoms with Gasteiger partial charge in [0, 0.05) is 24.3 Å². The van der Waals surface area contributed by atoms with Gasteiger partial charge in [0.15, 0.2) is 11.7 Å². The van der Waals surface area contributed by atoms with Gasteiger partial charge >= 0.3 is 0 Å². The monoisotopic (exact) mass is 249 g/mol. The number of halogens is 1. The molecule has 0 aliphatic carbocycles. The Balaban J connectivity index is 1.92. The molecule has 0 unspecified atom stereocenters. The van der Waals surface area contributed by atoms with Crippen LogP contribution in [0.2, 0.25) is 0 Å². The minimum Gasteiger partial charge on any atom is -0.493 e. The van der Waals surface area contributed by atoms with E-state index in [-0.39, 0.29) is 0 Å². The molecule has 4 heteroatoms. The third-order valence-corrected chi connectivity index (χ3v) is 3.02. The van der Waals surface area contributed by atoms with Crippen LogP contribution in [0.5, 0.6) is 5.75 Å². The summed E-state index contributed by atoms with van der Waals surface area (Å²) in [6.07, 6.45) is 3.38. The molecule has 1 aromatic heterocycles. The smallest absolute Gasteiger partial charge is 0.196 e. The topological polar surface area (TPSA) is 35.3 Å². The molecule has 0 fully saturated rings. The van der Waals surface area contributed by atoms with E-state index in [1.165, 1.54) is 5.56 Å². The van der Waals surface area contributed by atoms with Crippen LogP contribution in [-0.2, 0) is 12.8 Å². The van der Waals surface area contributed by atoms with Crippen molar-refractivity contribution in [3.8, 4) is 17.1 Å². The van der Waals surface area contributed by atoms with Gasteiger partial charge in [0.2, 0.25) is 0 Å². The van der Waals surface area contributed by atoms with Crippen molar-refractivity contribution in [3.05, 3.63) is 35.9 Å². The van der Waals surface area contributed by atoms with Crippen LogP contribution >= 0.6 is 11.6 Å². The van der Waals surface area contributed by atoms with Crippen molar-refractivity contribution in [2.75, 3.05) is 12.5 Å². The van der Waals surface area contributed by atoms with E-state index < -0.39 is 0 Å². The van der Waals surface area contributed by atoms with Gasteiger partial charge in [-0.25, -0.2) is 4.98 Å². The van der Waals surface area contributed by atoms with E-state index >= 15 is 0 Å². The van der Waals surface area contributed by atoms with Crippen LogP contribution in [-0.4, -0.2) is 17.5 Å². The van der Waals surface area contributed by atoms with Gasteiger partial charge in [0.25, 0.3) is 0 Å². The van der Waals surface area contributed by atoms with Crippen LogP contribution in [0.4, 0.5) is 0 Å². The number of aromatic nitrogens is 1. The standard InChI is InChI=1S/C13H12ClNO2/c14-5-3-13-15-8-12(17-13)9-1-2-11-10(7-9)4-6-16-11/h1-2,7-8H,3-6H2. The third-order valence-electron chi connectivity index (χ3n) is 2.84. The summed E-state index contributed by atoms with van der Waals surface area (Å²) in [4.78, 5) is 4.19. The molecule has 0 atom stereocenters. The van der Waals surface area contributed by atoms with Gasteiger partial charge in [0.05, 0.1) is 12.8 Å². The summed E-state index contributed by atoms with van der Waals surface area (Å²) in [5.74, 6) is 2.98. The van der Waals surface area contributed by atoms with Crippen LogP contribution < -0.4 is 4.74 Å². The fourth-order valence-electron chi connectivity index (χ4n) is 1.98. The summed E-state index contributed by atoms with van der Waals surface area (Å²) in [6.45, 7) is 0.771. The van der Waals surface area contributed by atoms with Crippen molar-refractivity contribution in [2.45, 2.75) is 12.8 Å². The predicted molar refractivity (Wildman–Crippen MR) is 65.6 cm³/mol. The van der Waals surface area contributed by atoms with E-state index in [4.69, 9.17) is 20.8 Å². The summed E-state index contributed by atoms with van der Waals surface area (Å²) in [6, 6.07) is 6.09. The molecule has 0 N–H and O–H groups in total. The zero-order valence-corrected chi connectivity index (χ0v) is 10.0. The number of benzene rings is 1. The van der Waals surface area contributed by atoms with Crippen LogP contribution in [0.25, 0.3) is 11.3 Å². The first-order valence-electron chi connectivity index (χ1n) is 5.63. The van der Waals surface area contributed by atoms with Gasteiger partial charge in [0.1, 0.15) is 5.75 Å². The largest absolute Gasteiger partial charge is 0.493 e. The van der Waals surface area contributed by atoms with Gasteiger partial charge in [-0.1, -0.05) is 0 Å². The summed E-state index contributed by atoms with van der Waals surface area (Å²) in [5, 5.41) is 0. The van der Waals surface area contributed by atoms with E-state index in [2.05, 4.69) is 11.1 Å². The predicted octanol–water partition coefficient (Wildman–Crippen LogP) is 3.06. The van der Waals surface area contributed by atoms with Crippen molar-refractivity contribution in [1.29, 1.82) is 0 Å². The number of aryl methyl sites for hydroxylation is 1. The van der Waals surface area contributed by atoms with E-state index in [0.29, 0.717) is 18.2 Å². The lowest BCUT2D eigenvalue weighted by molar-refractivity contribution is 0.357. The first-order chi connectivity index (χ1) is 8.36. The van der Waals surface area contributed by atoms with Crippen molar-refractivity contribution < 1.29 is 9.15 Å². The lowest BCUT2D eigenvalue weighted by Crippen LogP contribution is -1.85. The molecule has 0 bridgehead atoms. The number of hydrogen-bond acceptors (Lipinski definition) is 3. The molecule has 3 rings (SSSR count). The number of hydrogen-bond donors (Lipinski definition) is 0. The highest BCUT2D eigenvalue weighted by molar-refractivity contribution is 6.17. The molecule has 1 aliphatic heterocycles. The highest BCUT2D eigenvalue weighted by Crippen LogP contribution is 2.30. The maximum atomic E-state index is 5.65. The number of rotatable bonds is 3. The molecule has 0 radical (unpaired) electrons. The Morgan fingerprint density at radius 2 is 2.29 bits per heavy atom. The van der Waals surface area contributed by atoms with Gasteiger partial charge in [-0.15, -0.1) is 11.6 Å². The van der Waals surface area contributed by atoms with Gasteiger partial charge in [-0.2, -0.15) is 0 Å². The Bertz CT molecular complexity index is 536. The molecule has 0 amide bonds. The molecule has 88 valence electrons. The first kappa shape index (κ1) is 10.7. The lowest BCUT2D eigenvalue weighted by Gasteiger charge is -2.00. The molecule has 1 aromatic carbocycles. The number of oxazole rings is 1. The Labute approximate surface area is 104 Å². The van der Waals surface area contributed by atoms with E-state index in [0.717, 1.165) is 30.1 Å². The Kier molecular flexibility index (Phi) is 2.77. The summed E-state index contributed by atoms with van der Waals surface area (Å²) < 4.78 is 11.1. The summed E-state index contributed by atoms with van der Waals surface area (Å²) in [7, 11) is 0. The van der Waals surface area contributed by atoms with Crippen LogP contribution in [0.15, 0.2) is 28.8 Å². The molecule has 0 spiro atoms. The van der Waals surface area contributed by atoms with Crippen molar-refractivity contribution in [2.24, 2.45) is 0 Å². The van der Waals surface area contributed by atoms with E-state index in [1.54, 1.807) is 6.20 Å². The van der Waals surface area contributed by atoms with Crippen molar-refractivity contribution in [1.82, 2.24) is 4.98 Å². The molecule has 0 saturated carbocycles. The molecule has 17 heavy (non-hydrogen) atoms. The maximum Gasteiger partial charge on any atom is 0.196 e. The van der Waals surface area contributed by atoms with Crippen LogP contribution in [0.3, 0.4) is 0 Å². The van der Waals surface area contributed by atoms with E-state index in [9.17, 15) is 0 Å². The molecule has 2 heterocycles. The first-order valence-corrected chi connectivity index (χ1v) is 6.17. The minimum atomic E-state index is 0.526. The SMILES string of the molecule is ClCCc1ncc(-c2ccc3c(c2)CCO3)o1. The molecule has 2 aromatic rings. The molecule has 1 aliphatic rings. The molecular weight excluding hydrogens is 238 g/mol. The average Bonchev–Trinajstić information content (AvgIpc) is 2.96. The van der Waals surface area contributed by atoms with Crippen molar-refractivity contribution >= 4 is 11.6 Å². The van der Waals surface area contributed by atoms with Crippen LogP contribution in [0.1, 0.15) is 11.5 Å². The fraction of sp³-hybridized carbons (Fsp3) is 0.308. The third kappa shape index (κ3) is 2.03. The Morgan fingerprint density at radius 3 is 3.18 bits per heavy atom. The highest BCUT2D eigenvalue weighted by atomic mass is 35.5. The highest BCUT2D eigenvalue weighted by Gasteiger charge is 2.14. The molecule has 0 saturated heterocycles. The zero-order chi connectivity index (χ0) is 11.7. The second-order valence-corrected chi connectivity index (χ2v) is 4.36. The average molecular weight is 250 g/mol. The maximum absolute atomic E-state index is 5.65. The number of fused-ring (bicyclic) bond motifs is 1. The normalized spacial score (nSPS) is 13.5. The van der Waals surface area contributed by atoms with Gasteiger partial charge in [-0.3, -0.25) is 0 Å². The number of ether oxygens (including phenoxy) is 1. The minimum absolute atomic E-state index is 0.526. The van der Waals surface area contributed by atoms with Crippen molar-refractivity contribution in [3.63, 3.8) is 0 Å². The quantitative estimate of drug-likeness (QED) is 0.785. The van der Waals surface area contributed by atoms with Gasteiger partial charge in [-0.05, 0) is 23.8 Å². The summed E-state index contributed by atoms with van der Waals surface area (Å²) in [5.41, 5.74) is 2.28. The summed E-state index contributed by atoms with van der Waals surface area (Å²) >= 11 is 5.65. The van der Waals surface area contributed by atoms with Crippen LogP contribution in [0, 0.1) is 0 Å². The second kappa shape index (κ2) is 4.41. The molecule has 3 nitrogen and oxygen atoms in total. The molecular formula is C13H12ClNO2. The fourth-order valence-corrected chi connectivity index (χ4v) is 2.14. The number of alkyl halides is 1. The zero-order valence-electron chi connectivity index (χ0n) is 9.28. The Hall–Kier alpha value is -1.48. The Morgan fingerprint density at radius 1 is 1.35 bits per heavy atom.